The van der Waals surface area contributed by atoms with E-state index in [4.69, 9.17) is 10.5 Å². The van der Waals surface area contributed by atoms with Gasteiger partial charge < -0.3 is 15.8 Å². The highest BCUT2D eigenvalue weighted by molar-refractivity contribution is 5.84. The molecule has 7 heteroatoms. The Bertz CT molecular complexity index is 695. The Hall–Kier alpha value is -2.70. The third-order valence-electron chi connectivity index (χ3n) is 4.48. The minimum atomic E-state index is -0.471. The maximum atomic E-state index is 11.6. The van der Waals surface area contributed by atoms with Crippen LogP contribution in [-0.4, -0.2) is 28.2 Å². The fraction of sp³-hybridized carbons (Fsp3) is 0.375. The average molecular weight is 313 g/mol. The number of amides is 1. The van der Waals surface area contributed by atoms with E-state index in [-0.39, 0.29) is 11.8 Å². The molecule has 1 aromatic heterocycles. The summed E-state index contributed by atoms with van der Waals surface area (Å²) in [4.78, 5) is 15.9. The standard InChI is InChI=1S/C16H19N5O2/c1-10(16(7-8-16)14(17)22)13-9-18-15(21-20-13)19-11-3-5-12(23-2)6-4-11/h3-6,9-10H,7-8H2,1-2H3,(H2,17,22)(H,18,19,21). The van der Waals surface area contributed by atoms with Crippen LogP contribution >= 0.6 is 0 Å². The Kier molecular flexibility index (Phi) is 3.85. The molecule has 7 nitrogen and oxygen atoms in total. The SMILES string of the molecule is COc1ccc(Nc2ncc(C(C)C3(C(N)=O)CC3)nn2)cc1. The van der Waals surface area contributed by atoms with E-state index in [0.29, 0.717) is 11.6 Å². The van der Waals surface area contributed by atoms with Crippen molar-refractivity contribution in [1.82, 2.24) is 15.2 Å². The lowest BCUT2D eigenvalue weighted by molar-refractivity contribution is -0.123. The highest BCUT2D eigenvalue weighted by Crippen LogP contribution is 2.55. The third kappa shape index (κ3) is 2.94. The molecule has 3 rings (SSSR count). The first-order chi connectivity index (χ1) is 11.0. The van der Waals surface area contributed by atoms with Crippen LogP contribution in [0.3, 0.4) is 0 Å². The molecule has 1 heterocycles. The predicted octanol–water partition coefficient (Wildman–Crippen LogP) is 1.99. The van der Waals surface area contributed by atoms with Gasteiger partial charge >= 0.3 is 0 Å². The Morgan fingerprint density at radius 1 is 1.30 bits per heavy atom. The molecule has 1 aromatic carbocycles. The van der Waals surface area contributed by atoms with Crippen LogP contribution < -0.4 is 15.8 Å². The Morgan fingerprint density at radius 2 is 2.00 bits per heavy atom. The maximum absolute atomic E-state index is 11.6. The molecule has 1 unspecified atom stereocenters. The van der Waals surface area contributed by atoms with E-state index in [1.165, 1.54) is 0 Å². The molecule has 1 aliphatic carbocycles. The van der Waals surface area contributed by atoms with Gasteiger partial charge in [-0.05, 0) is 37.1 Å². The topological polar surface area (TPSA) is 103 Å². The molecule has 23 heavy (non-hydrogen) atoms. The molecule has 0 bridgehead atoms. The van der Waals surface area contributed by atoms with Gasteiger partial charge in [0.05, 0.1) is 24.4 Å². The number of nitrogens with one attached hydrogen (secondary N) is 1. The number of anilines is 2. The lowest BCUT2D eigenvalue weighted by Crippen LogP contribution is -2.30. The van der Waals surface area contributed by atoms with Gasteiger partial charge in [0.2, 0.25) is 11.9 Å². The predicted molar refractivity (Wildman–Crippen MR) is 85.4 cm³/mol. The van der Waals surface area contributed by atoms with Crippen molar-refractivity contribution >= 4 is 17.5 Å². The summed E-state index contributed by atoms with van der Waals surface area (Å²) in [6.45, 7) is 1.94. The molecule has 1 saturated carbocycles. The second-order valence-corrected chi connectivity index (χ2v) is 5.80. The molecule has 0 aliphatic heterocycles. The third-order valence-corrected chi connectivity index (χ3v) is 4.48. The highest BCUT2D eigenvalue weighted by atomic mass is 16.5. The molecule has 1 fully saturated rings. The van der Waals surface area contributed by atoms with E-state index in [0.717, 1.165) is 24.3 Å². The minimum Gasteiger partial charge on any atom is -0.497 e. The number of nitrogens with zero attached hydrogens (tertiary/aromatic N) is 3. The summed E-state index contributed by atoms with van der Waals surface area (Å²) in [7, 11) is 1.62. The second kappa shape index (κ2) is 5.83. The van der Waals surface area contributed by atoms with Crippen molar-refractivity contribution in [3.05, 3.63) is 36.2 Å². The Labute approximate surface area is 134 Å². The van der Waals surface area contributed by atoms with Crippen LogP contribution in [-0.2, 0) is 4.79 Å². The number of methoxy groups -OCH3 is 1. The van der Waals surface area contributed by atoms with Crippen LogP contribution in [0.25, 0.3) is 0 Å². The van der Waals surface area contributed by atoms with E-state index in [2.05, 4.69) is 20.5 Å². The summed E-state index contributed by atoms with van der Waals surface area (Å²) in [5.41, 5.74) is 6.54. The van der Waals surface area contributed by atoms with E-state index >= 15 is 0 Å². The van der Waals surface area contributed by atoms with E-state index in [1.54, 1.807) is 13.3 Å². The van der Waals surface area contributed by atoms with Crippen molar-refractivity contribution in [2.24, 2.45) is 11.1 Å². The van der Waals surface area contributed by atoms with Gasteiger partial charge in [0.25, 0.3) is 0 Å². The van der Waals surface area contributed by atoms with Gasteiger partial charge in [-0.3, -0.25) is 4.79 Å². The first-order valence-electron chi connectivity index (χ1n) is 7.46. The van der Waals surface area contributed by atoms with Gasteiger partial charge in [0, 0.05) is 11.6 Å². The Morgan fingerprint density at radius 3 is 2.48 bits per heavy atom. The molecular formula is C16H19N5O2. The van der Waals surface area contributed by atoms with Crippen molar-refractivity contribution in [2.75, 3.05) is 12.4 Å². The molecule has 1 amide bonds. The number of benzene rings is 1. The number of hydrogen-bond donors (Lipinski definition) is 2. The normalized spacial score (nSPS) is 16.4. The van der Waals surface area contributed by atoms with Crippen LogP contribution in [0.15, 0.2) is 30.5 Å². The van der Waals surface area contributed by atoms with Crippen molar-refractivity contribution in [1.29, 1.82) is 0 Å². The smallest absolute Gasteiger partial charge is 0.247 e. The number of carbonyl (C=O) groups excluding carboxylic acids is 1. The summed E-state index contributed by atoms with van der Waals surface area (Å²) in [6.07, 6.45) is 3.25. The Balaban J connectivity index is 1.70. The van der Waals surface area contributed by atoms with Crippen LogP contribution in [0.5, 0.6) is 5.75 Å². The molecule has 120 valence electrons. The van der Waals surface area contributed by atoms with Gasteiger partial charge in [-0.15, -0.1) is 10.2 Å². The van der Waals surface area contributed by atoms with Crippen LogP contribution in [0.1, 0.15) is 31.4 Å². The monoisotopic (exact) mass is 313 g/mol. The minimum absolute atomic E-state index is 0.0740. The molecule has 1 aliphatic rings. The van der Waals surface area contributed by atoms with Gasteiger partial charge in [-0.1, -0.05) is 6.92 Å². The molecular weight excluding hydrogens is 294 g/mol. The number of aromatic nitrogens is 3. The molecule has 0 radical (unpaired) electrons. The second-order valence-electron chi connectivity index (χ2n) is 5.80. The van der Waals surface area contributed by atoms with E-state index in [1.807, 2.05) is 31.2 Å². The van der Waals surface area contributed by atoms with Crippen molar-refractivity contribution in [3.63, 3.8) is 0 Å². The zero-order chi connectivity index (χ0) is 16.4. The first-order valence-corrected chi connectivity index (χ1v) is 7.46. The van der Waals surface area contributed by atoms with Crippen LogP contribution in [0, 0.1) is 5.41 Å². The van der Waals surface area contributed by atoms with Crippen molar-refractivity contribution < 1.29 is 9.53 Å². The molecule has 0 spiro atoms. The molecule has 3 N–H and O–H groups in total. The van der Waals surface area contributed by atoms with Crippen LogP contribution in [0.4, 0.5) is 11.6 Å². The number of primary amides is 1. The van der Waals surface area contributed by atoms with Gasteiger partial charge in [0.1, 0.15) is 5.75 Å². The fourth-order valence-electron chi connectivity index (χ4n) is 2.65. The summed E-state index contributed by atoms with van der Waals surface area (Å²) in [5.74, 6) is 0.831. The van der Waals surface area contributed by atoms with Gasteiger partial charge in [0.15, 0.2) is 0 Å². The molecule has 1 atom stereocenters. The number of carbonyl (C=O) groups is 1. The van der Waals surface area contributed by atoms with Gasteiger partial charge in [-0.2, -0.15) is 0 Å². The maximum Gasteiger partial charge on any atom is 0.247 e. The van der Waals surface area contributed by atoms with Crippen LogP contribution in [0.2, 0.25) is 0 Å². The quantitative estimate of drug-likeness (QED) is 0.845. The highest BCUT2D eigenvalue weighted by Gasteiger charge is 2.53. The summed E-state index contributed by atoms with van der Waals surface area (Å²) in [5, 5.41) is 11.3. The number of nitrogens with two attached hydrogens (primary N) is 1. The van der Waals surface area contributed by atoms with Gasteiger partial charge in [-0.25, -0.2) is 4.98 Å². The summed E-state index contributed by atoms with van der Waals surface area (Å²) < 4.78 is 5.11. The fourth-order valence-corrected chi connectivity index (χ4v) is 2.65. The number of rotatable bonds is 6. The van der Waals surface area contributed by atoms with Crippen molar-refractivity contribution in [3.8, 4) is 5.75 Å². The zero-order valence-electron chi connectivity index (χ0n) is 13.1. The number of hydrogen-bond acceptors (Lipinski definition) is 6. The lowest BCUT2D eigenvalue weighted by atomic mass is 9.87. The van der Waals surface area contributed by atoms with E-state index < -0.39 is 5.41 Å². The average Bonchev–Trinajstić information content (AvgIpc) is 3.37. The van der Waals surface area contributed by atoms with E-state index in [9.17, 15) is 4.79 Å². The lowest BCUT2D eigenvalue weighted by Gasteiger charge is -2.18. The van der Waals surface area contributed by atoms with Crippen molar-refractivity contribution in [2.45, 2.75) is 25.7 Å². The molecule has 2 aromatic rings. The summed E-state index contributed by atoms with van der Waals surface area (Å²) in [6, 6.07) is 7.42. The molecule has 0 saturated heterocycles. The first kappa shape index (κ1) is 15.2. The summed E-state index contributed by atoms with van der Waals surface area (Å²) >= 11 is 0. The zero-order valence-corrected chi connectivity index (χ0v) is 13.1. The number of ether oxygens (including phenoxy) is 1. The largest absolute Gasteiger partial charge is 0.497 e.